The van der Waals surface area contributed by atoms with Crippen molar-refractivity contribution in [2.24, 2.45) is 0 Å². The molecule has 2 aromatic rings. The van der Waals surface area contributed by atoms with Crippen molar-refractivity contribution in [1.82, 2.24) is 10.3 Å². The van der Waals surface area contributed by atoms with E-state index in [1.54, 1.807) is 12.3 Å². The molecule has 2 aromatic heterocycles. The highest BCUT2D eigenvalue weighted by Crippen LogP contribution is 2.11. The quantitative estimate of drug-likeness (QED) is 0.633. The normalized spacial score (nSPS) is 10.4. The second kappa shape index (κ2) is 6.70. The summed E-state index contributed by atoms with van der Waals surface area (Å²) in [6, 6.07) is 7.61. The maximum atomic E-state index is 11.4. The third kappa shape index (κ3) is 3.66. The molecular formula is C14H16N2O3. The molecule has 5 heteroatoms. The van der Waals surface area contributed by atoms with Crippen molar-refractivity contribution in [2.75, 3.05) is 13.7 Å². The van der Waals surface area contributed by atoms with Gasteiger partial charge in [0, 0.05) is 37.0 Å². The Hall–Kier alpha value is -2.14. The van der Waals surface area contributed by atoms with E-state index in [1.165, 1.54) is 13.4 Å². The molecule has 2 heterocycles. The molecule has 0 atom stereocenters. The van der Waals surface area contributed by atoms with Gasteiger partial charge in [0.2, 0.25) is 5.76 Å². The summed E-state index contributed by atoms with van der Waals surface area (Å²) in [6.07, 6.45) is 4.11. The van der Waals surface area contributed by atoms with Gasteiger partial charge in [0.25, 0.3) is 0 Å². The molecular weight excluding hydrogens is 244 g/mol. The van der Waals surface area contributed by atoms with Gasteiger partial charge < -0.3 is 14.5 Å². The summed E-state index contributed by atoms with van der Waals surface area (Å²) in [7, 11) is 1.34. The number of ether oxygens (including phenoxy) is 1. The number of pyridine rings is 1. The van der Waals surface area contributed by atoms with Gasteiger partial charge in [-0.3, -0.25) is 4.98 Å². The lowest BCUT2D eigenvalue weighted by molar-refractivity contribution is 0.0563. The molecule has 0 spiro atoms. The minimum atomic E-state index is -0.452. The van der Waals surface area contributed by atoms with Crippen molar-refractivity contribution in [3.05, 3.63) is 53.7 Å². The Balaban J connectivity index is 1.80. The van der Waals surface area contributed by atoms with Crippen LogP contribution in [0.4, 0.5) is 0 Å². The van der Waals surface area contributed by atoms with Gasteiger partial charge in [-0.2, -0.15) is 0 Å². The van der Waals surface area contributed by atoms with Crippen LogP contribution in [0.2, 0.25) is 0 Å². The number of nitrogens with zero attached hydrogens (tertiary/aromatic N) is 1. The summed E-state index contributed by atoms with van der Waals surface area (Å²) in [4.78, 5) is 15.6. The summed E-state index contributed by atoms with van der Waals surface area (Å²) in [5, 5.41) is 3.25. The van der Waals surface area contributed by atoms with E-state index in [1.807, 2.05) is 18.2 Å². The van der Waals surface area contributed by atoms with E-state index in [0.29, 0.717) is 6.54 Å². The minimum absolute atomic E-state index is 0.257. The van der Waals surface area contributed by atoms with E-state index in [0.717, 1.165) is 24.2 Å². The third-order valence-electron chi connectivity index (χ3n) is 2.72. The highest BCUT2D eigenvalue weighted by molar-refractivity contribution is 5.87. The van der Waals surface area contributed by atoms with Crippen molar-refractivity contribution in [3.63, 3.8) is 0 Å². The summed E-state index contributed by atoms with van der Waals surface area (Å²) < 4.78 is 9.75. The number of furan rings is 1. The second-order valence-electron chi connectivity index (χ2n) is 4.01. The predicted octanol–water partition coefficient (Wildman–Crippen LogP) is 1.79. The number of nitrogens with one attached hydrogen (secondary N) is 1. The number of rotatable bonds is 6. The summed E-state index contributed by atoms with van der Waals surface area (Å²) in [6.45, 7) is 1.34. The first kappa shape index (κ1) is 13.3. The zero-order valence-corrected chi connectivity index (χ0v) is 10.8. The highest BCUT2D eigenvalue weighted by Gasteiger charge is 2.14. The van der Waals surface area contributed by atoms with Gasteiger partial charge in [-0.05, 0) is 18.2 Å². The lowest BCUT2D eigenvalue weighted by Crippen LogP contribution is -2.18. The fourth-order valence-corrected chi connectivity index (χ4v) is 1.73. The number of hydrogen-bond acceptors (Lipinski definition) is 5. The van der Waals surface area contributed by atoms with Crippen LogP contribution in [-0.2, 0) is 17.7 Å². The molecule has 0 bridgehead atoms. The third-order valence-corrected chi connectivity index (χ3v) is 2.72. The van der Waals surface area contributed by atoms with Gasteiger partial charge in [0.15, 0.2) is 0 Å². The molecule has 0 amide bonds. The Morgan fingerprint density at radius 2 is 2.32 bits per heavy atom. The highest BCUT2D eigenvalue weighted by atomic mass is 16.5. The number of aromatic nitrogens is 1. The Kier molecular flexibility index (Phi) is 4.69. The average molecular weight is 260 g/mol. The zero-order valence-electron chi connectivity index (χ0n) is 10.8. The van der Waals surface area contributed by atoms with Gasteiger partial charge in [-0.15, -0.1) is 0 Å². The van der Waals surface area contributed by atoms with Gasteiger partial charge >= 0.3 is 5.97 Å². The van der Waals surface area contributed by atoms with Gasteiger partial charge in [0.1, 0.15) is 0 Å². The smallest absolute Gasteiger partial charge is 0.374 e. The molecule has 0 saturated heterocycles. The first-order chi connectivity index (χ1) is 9.31. The molecule has 0 aliphatic carbocycles. The van der Waals surface area contributed by atoms with Gasteiger partial charge in [-0.25, -0.2) is 4.79 Å². The largest absolute Gasteiger partial charge is 0.463 e. The average Bonchev–Trinajstić information content (AvgIpc) is 2.92. The number of hydrogen-bond donors (Lipinski definition) is 1. The molecule has 0 aliphatic rings. The van der Waals surface area contributed by atoms with Crippen molar-refractivity contribution < 1.29 is 13.9 Å². The number of esters is 1. The SMILES string of the molecule is COC(=O)c1occc1CNCCc1ccccn1. The summed E-state index contributed by atoms with van der Waals surface area (Å²) in [5.41, 5.74) is 1.84. The van der Waals surface area contributed by atoms with Crippen LogP contribution < -0.4 is 5.32 Å². The lowest BCUT2D eigenvalue weighted by Gasteiger charge is -2.04. The van der Waals surface area contributed by atoms with Crippen LogP contribution in [0.3, 0.4) is 0 Å². The van der Waals surface area contributed by atoms with Crippen molar-refractivity contribution in [3.8, 4) is 0 Å². The van der Waals surface area contributed by atoms with Crippen LogP contribution in [0.1, 0.15) is 21.8 Å². The van der Waals surface area contributed by atoms with Crippen LogP contribution >= 0.6 is 0 Å². The maximum Gasteiger partial charge on any atom is 0.374 e. The molecule has 5 nitrogen and oxygen atoms in total. The summed E-state index contributed by atoms with van der Waals surface area (Å²) >= 11 is 0. The van der Waals surface area contributed by atoms with E-state index in [-0.39, 0.29) is 5.76 Å². The molecule has 100 valence electrons. The zero-order chi connectivity index (χ0) is 13.5. The topological polar surface area (TPSA) is 64.4 Å². The fraction of sp³-hybridized carbons (Fsp3) is 0.286. The molecule has 2 rings (SSSR count). The van der Waals surface area contributed by atoms with Crippen LogP contribution in [0.5, 0.6) is 0 Å². The van der Waals surface area contributed by atoms with E-state index in [4.69, 9.17) is 4.42 Å². The molecule has 0 saturated carbocycles. The Morgan fingerprint density at radius 3 is 3.05 bits per heavy atom. The minimum Gasteiger partial charge on any atom is -0.463 e. The first-order valence-electron chi connectivity index (χ1n) is 6.06. The second-order valence-corrected chi connectivity index (χ2v) is 4.01. The molecule has 19 heavy (non-hydrogen) atoms. The Morgan fingerprint density at radius 1 is 1.42 bits per heavy atom. The molecule has 0 aromatic carbocycles. The van der Waals surface area contributed by atoms with E-state index >= 15 is 0 Å². The lowest BCUT2D eigenvalue weighted by atomic mass is 10.2. The molecule has 0 fully saturated rings. The molecule has 0 radical (unpaired) electrons. The Labute approximate surface area is 111 Å². The summed E-state index contributed by atoms with van der Waals surface area (Å²) in [5.74, 6) is -0.195. The Bertz CT molecular complexity index is 522. The number of carbonyl (C=O) groups is 1. The maximum absolute atomic E-state index is 11.4. The first-order valence-corrected chi connectivity index (χ1v) is 6.06. The van der Waals surface area contributed by atoms with Crippen LogP contribution in [0.25, 0.3) is 0 Å². The van der Waals surface area contributed by atoms with Crippen molar-refractivity contribution >= 4 is 5.97 Å². The monoisotopic (exact) mass is 260 g/mol. The molecule has 0 unspecified atom stereocenters. The van der Waals surface area contributed by atoms with Crippen LogP contribution in [0.15, 0.2) is 41.1 Å². The molecule has 1 N–H and O–H groups in total. The molecule has 0 aliphatic heterocycles. The predicted molar refractivity (Wildman–Crippen MR) is 69.7 cm³/mol. The van der Waals surface area contributed by atoms with Crippen molar-refractivity contribution in [2.45, 2.75) is 13.0 Å². The number of methoxy groups -OCH3 is 1. The van der Waals surface area contributed by atoms with E-state index < -0.39 is 5.97 Å². The number of carbonyl (C=O) groups excluding carboxylic acids is 1. The van der Waals surface area contributed by atoms with Gasteiger partial charge in [-0.1, -0.05) is 6.07 Å². The van der Waals surface area contributed by atoms with E-state index in [9.17, 15) is 4.79 Å². The van der Waals surface area contributed by atoms with E-state index in [2.05, 4.69) is 15.0 Å². The van der Waals surface area contributed by atoms with Crippen LogP contribution in [0, 0.1) is 0 Å². The van der Waals surface area contributed by atoms with Gasteiger partial charge in [0.05, 0.1) is 13.4 Å². The standard InChI is InChI=1S/C14H16N2O3/c1-18-14(17)13-11(6-9-19-13)10-15-8-5-12-4-2-3-7-16-12/h2-4,6-7,9,15H,5,8,10H2,1H3. The van der Waals surface area contributed by atoms with Crippen LogP contribution in [-0.4, -0.2) is 24.6 Å². The fourth-order valence-electron chi connectivity index (χ4n) is 1.73. The van der Waals surface area contributed by atoms with Crippen molar-refractivity contribution in [1.29, 1.82) is 0 Å².